The minimum atomic E-state index is -4.53. The second kappa shape index (κ2) is 4.86. The van der Waals surface area contributed by atoms with Crippen molar-refractivity contribution >= 4 is 22.2 Å². The summed E-state index contributed by atoms with van der Waals surface area (Å²) in [4.78, 5) is 10.1. The first-order valence-electron chi connectivity index (χ1n) is 4.38. The first kappa shape index (κ1) is 13.0. The summed E-state index contributed by atoms with van der Waals surface area (Å²) in [5, 5.41) is 9.20. The van der Waals surface area contributed by atoms with Gasteiger partial charge in [0.25, 0.3) is 0 Å². The Morgan fingerprint density at radius 3 is 2.50 bits per heavy atom. The molecule has 0 saturated carbocycles. The van der Waals surface area contributed by atoms with E-state index in [4.69, 9.17) is 0 Å². The number of phenols is 1. The third-order valence-electron chi connectivity index (χ3n) is 2.01. The molecule has 0 unspecified atom stereocenters. The quantitative estimate of drug-likeness (QED) is 0.869. The van der Waals surface area contributed by atoms with Gasteiger partial charge in [0.15, 0.2) is 0 Å². The number of phenolic OH excluding ortho intramolecular Hbond substituents is 1. The zero-order valence-electron chi connectivity index (χ0n) is 8.01. The van der Waals surface area contributed by atoms with E-state index < -0.39 is 17.5 Å². The molecule has 1 rings (SSSR count). The van der Waals surface area contributed by atoms with Crippen molar-refractivity contribution in [2.75, 3.05) is 0 Å². The lowest BCUT2D eigenvalue weighted by atomic mass is 10.0. The number of aryl methyl sites for hydroxylation is 1. The predicted octanol–water partition coefficient (Wildman–Crippen LogP) is 3.31. The Bertz CT molecular complexity index is 402. The van der Waals surface area contributed by atoms with E-state index in [9.17, 15) is 23.1 Å². The van der Waals surface area contributed by atoms with Crippen LogP contribution in [0.25, 0.3) is 0 Å². The number of carbonyl (C=O) groups excluding carboxylic acids is 1. The van der Waals surface area contributed by atoms with E-state index in [0.717, 1.165) is 0 Å². The highest BCUT2D eigenvalue weighted by molar-refractivity contribution is 9.10. The molecule has 2 nitrogen and oxygen atoms in total. The van der Waals surface area contributed by atoms with Crippen molar-refractivity contribution in [2.45, 2.75) is 19.0 Å². The highest BCUT2D eigenvalue weighted by atomic mass is 79.9. The Labute approximate surface area is 98.2 Å². The molecule has 0 spiro atoms. The first-order valence-corrected chi connectivity index (χ1v) is 5.17. The molecule has 16 heavy (non-hydrogen) atoms. The van der Waals surface area contributed by atoms with E-state index in [1.165, 1.54) is 6.07 Å². The molecule has 0 fully saturated rings. The van der Waals surface area contributed by atoms with Gasteiger partial charge in [-0.3, -0.25) is 0 Å². The average molecular weight is 297 g/mol. The lowest BCUT2D eigenvalue weighted by Gasteiger charge is -2.13. The molecule has 0 atom stereocenters. The average Bonchev–Trinajstić information content (AvgIpc) is 2.17. The summed E-state index contributed by atoms with van der Waals surface area (Å²) in [6, 6.07) is 1.84. The van der Waals surface area contributed by atoms with Crippen LogP contribution in [-0.4, -0.2) is 11.4 Å². The number of aromatic hydroxyl groups is 1. The fourth-order valence-electron chi connectivity index (χ4n) is 1.29. The molecular weight excluding hydrogens is 289 g/mol. The SMILES string of the molecule is O=CCCc1cc(Br)c(O)cc1C(F)(F)F. The van der Waals surface area contributed by atoms with Crippen LogP contribution in [0, 0.1) is 0 Å². The third-order valence-corrected chi connectivity index (χ3v) is 2.64. The maximum Gasteiger partial charge on any atom is 0.416 e. The minimum absolute atomic E-state index is 0.00275. The highest BCUT2D eigenvalue weighted by Gasteiger charge is 2.34. The Kier molecular flexibility index (Phi) is 3.96. The van der Waals surface area contributed by atoms with Gasteiger partial charge in [-0.05, 0) is 40.0 Å². The zero-order valence-corrected chi connectivity index (χ0v) is 9.60. The molecular formula is C10H8BrF3O2. The minimum Gasteiger partial charge on any atom is -0.507 e. The predicted molar refractivity (Wildman–Crippen MR) is 55.2 cm³/mol. The zero-order chi connectivity index (χ0) is 12.3. The van der Waals surface area contributed by atoms with Crippen molar-refractivity contribution in [3.05, 3.63) is 27.7 Å². The van der Waals surface area contributed by atoms with Crippen LogP contribution in [0.3, 0.4) is 0 Å². The van der Waals surface area contributed by atoms with Crippen LogP contribution in [0.2, 0.25) is 0 Å². The standard InChI is InChI=1S/C10H8BrF3O2/c11-8-4-6(2-1-3-15)7(5-9(8)16)10(12,13)14/h3-5,16H,1-2H2. The highest BCUT2D eigenvalue weighted by Crippen LogP contribution is 2.37. The summed E-state index contributed by atoms with van der Waals surface area (Å²) >= 11 is 2.93. The van der Waals surface area contributed by atoms with Gasteiger partial charge in [0.1, 0.15) is 12.0 Å². The van der Waals surface area contributed by atoms with Crippen LogP contribution in [0.15, 0.2) is 16.6 Å². The van der Waals surface area contributed by atoms with Crippen molar-refractivity contribution in [3.63, 3.8) is 0 Å². The van der Waals surface area contributed by atoms with Gasteiger partial charge in [0.05, 0.1) is 10.0 Å². The molecule has 6 heteroatoms. The normalized spacial score (nSPS) is 11.5. The van der Waals surface area contributed by atoms with Gasteiger partial charge in [-0.2, -0.15) is 13.2 Å². The summed E-state index contributed by atoms with van der Waals surface area (Å²) < 4.78 is 37.9. The van der Waals surface area contributed by atoms with Crippen LogP contribution < -0.4 is 0 Å². The van der Waals surface area contributed by atoms with Crippen molar-refractivity contribution in [2.24, 2.45) is 0 Å². The second-order valence-corrected chi connectivity index (χ2v) is 4.02. The molecule has 0 amide bonds. The molecule has 0 aromatic heterocycles. The van der Waals surface area contributed by atoms with Crippen molar-refractivity contribution in [1.82, 2.24) is 0 Å². The van der Waals surface area contributed by atoms with Gasteiger partial charge in [-0.15, -0.1) is 0 Å². The van der Waals surface area contributed by atoms with E-state index in [1.807, 2.05) is 0 Å². The van der Waals surface area contributed by atoms with Gasteiger partial charge < -0.3 is 9.90 Å². The molecule has 1 N–H and O–H groups in total. The number of hydrogen-bond donors (Lipinski definition) is 1. The summed E-state index contributed by atoms with van der Waals surface area (Å²) in [5.74, 6) is -0.470. The smallest absolute Gasteiger partial charge is 0.416 e. The van der Waals surface area contributed by atoms with E-state index in [0.29, 0.717) is 12.4 Å². The van der Waals surface area contributed by atoms with Gasteiger partial charge in [-0.1, -0.05) is 0 Å². The fraction of sp³-hybridized carbons (Fsp3) is 0.300. The summed E-state index contributed by atoms with van der Waals surface area (Å²) in [6.07, 6.45) is -3.96. The van der Waals surface area contributed by atoms with Gasteiger partial charge in [-0.25, -0.2) is 0 Å². The Hall–Kier alpha value is -1.04. The summed E-state index contributed by atoms with van der Waals surface area (Å²) in [6.45, 7) is 0. The van der Waals surface area contributed by atoms with Crippen LogP contribution >= 0.6 is 15.9 Å². The van der Waals surface area contributed by atoms with Crippen molar-refractivity contribution in [1.29, 1.82) is 0 Å². The van der Waals surface area contributed by atoms with Crippen LogP contribution in [-0.2, 0) is 17.4 Å². The lowest BCUT2D eigenvalue weighted by molar-refractivity contribution is -0.138. The molecule has 1 aromatic carbocycles. The molecule has 1 aromatic rings. The molecule has 88 valence electrons. The Morgan fingerprint density at radius 2 is 2.00 bits per heavy atom. The molecule has 0 aliphatic rings. The van der Waals surface area contributed by atoms with Crippen LogP contribution in [0.1, 0.15) is 17.5 Å². The molecule has 0 bridgehead atoms. The van der Waals surface area contributed by atoms with Crippen molar-refractivity contribution in [3.8, 4) is 5.75 Å². The van der Waals surface area contributed by atoms with Gasteiger partial charge >= 0.3 is 6.18 Å². The first-order chi connectivity index (χ1) is 7.36. The number of rotatable bonds is 3. The fourth-order valence-corrected chi connectivity index (χ4v) is 1.68. The largest absolute Gasteiger partial charge is 0.507 e. The number of aldehydes is 1. The van der Waals surface area contributed by atoms with E-state index >= 15 is 0 Å². The number of hydrogen-bond acceptors (Lipinski definition) is 2. The molecule has 0 saturated heterocycles. The monoisotopic (exact) mass is 296 g/mol. The van der Waals surface area contributed by atoms with Gasteiger partial charge in [0.2, 0.25) is 0 Å². The maximum atomic E-state index is 12.6. The van der Waals surface area contributed by atoms with Gasteiger partial charge in [0, 0.05) is 6.42 Å². The van der Waals surface area contributed by atoms with E-state index in [1.54, 1.807) is 0 Å². The Balaban J connectivity index is 3.22. The Morgan fingerprint density at radius 1 is 1.38 bits per heavy atom. The number of halogens is 4. The van der Waals surface area contributed by atoms with Crippen LogP contribution in [0.4, 0.5) is 13.2 Å². The lowest BCUT2D eigenvalue weighted by Crippen LogP contribution is -2.09. The topological polar surface area (TPSA) is 37.3 Å². The third kappa shape index (κ3) is 2.98. The number of carbonyl (C=O) groups is 1. The summed E-state index contributed by atoms with van der Waals surface area (Å²) in [5.41, 5.74) is -0.917. The molecule has 0 aliphatic carbocycles. The number of benzene rings is 1. The number of alkyl halides is 3. The second-order valence-electron chi connectivity index (χ2n) is 3.16. The molecule has 0 radical (unpaired) electrons. The van der Waals surface area contributed by atoms with E-state index in [-0.39, 0.29) is 22.9 Å². The molecule has 0 heterocycles. The van der Waals surface area contributed by atoms with Crippen molar-refractivity contribution < 1.29 is 23.1 Å². The maximum absolute atomic E-state index is 12.6. The van der Waals surface area contributed by atoms with E-state index in [2.05, 4.69) is 15.9 Å². The molecule has 0 aliphatic heterocycles. The van der Waals surface area contributed by atoms with Crippen LogP contribution in [0.5, 0.6) is 5.75 Å². The summed E-state index contributed by atoms with van der Waals surface area (Å²) in [7, 11) is 0.